The topological polar surface area (TPSA) is 601 Å². The number of primary amides is 5. The zero-order valence-corrected chi connectivity index (χ0v) is 78.2. The molecule has 0 bridgehead atoms. The highest BCUT2D eigenvalue weighted by Gasteiger charge is 2.46. The number of halogens is 1. The Balaban J connectivity index is 0.000000128. The average molecular weight is 1960 g/mol. The second kappa shape index (κ2) is 40.0. The zero-order valence-electron chi connectivity index (χ0n) is 77.4. The van der Waals surface area contributed by atoms with Gasteiger partial charge in [0, 0.05) is 155 Å². The number of hydrogen-bond donors (Lipinski definition) is 10. The van der Waals surface area contributed by atoms with E-state index in [0.29, 0.717) is 174 Å². The van der Waals surface area contributed by atoms with Crippen molar-refractivity contribution in [2.45, 2.75) is 119 Å². The summed E-state index contributed by atoms with van der Waals surface area (Å²) in [5.41, 5.74) is 30.0. The van der Waals surface area contributed by atoms with Crippen LogP contribution in [0.25, 0.3) is 50.5 Å². The standard InChI is InChI=1S/C20H15FN4O3.C20H16N6O3.C20H20N4O5S.2C20H20N4O4/c21-13-3-4-14-15(11-13)25(24-18(14)19(22)27)17-10-12(6-9-23-17)5-8-20(28)7-1-2-16(20)26;1-12-23-24-19(29-12)20(2,28)9-8-13-5-3-6-14(11-13)26-18-15(7-4-10-22-18)16(25-26)17(21)27;1-23-9-8-20(27,19(23)26)7-5-13-3-2-4-14(11-13)24-16-12-30(28,29)10-6-15(16)17(22-24)18(21)25;1-23-9-8-20(27,19(23)26)7-5-13-3-2-4-14(11-13)24-16-6-10-28-12-15(16)17(22-24)18(21)25;1-23-9-8-20(27,19(23)26)7-5-13-3-2-4-14(11-13)24-16-12-28-10-6-15(16)17(22-24)18(21)25/h3-4,6,9-11,28H,1-2,7H2,(H2,22,27);3-7,10-11,28H,1-2H3,(H2,21,27);2-4,11,27H,6,8-10,12H2,1H3,(H2,21,25);2*2-4,11,27H,6,8-10,12H2,1H3,(H2,21,25)/t5*20-/m11000/s1. The molecule has 0 spiro atoms. The van der Waals surface area contributed by atoms with Crippen LogP contribution in [0.2, 0.25) is 0 Å². The number of carbonyl (C=O) groups is 9. The molecule has 5 aromatic carbocycles. The van der Waals surface area contributed by atoms with Crippen LogP contribution in [-0.2, 0) is 82.3 Å². The number of aliphatic hydroxyl groups is 5. The summed E-state index contributed by atoms with van der Waals surface area (Å²) in [6, 6.07) is 38.8. The fourth-order valence-electron chi connectivity index (χ4n) is 16.7. The Labute approximate surface area is 814 Å². The van der Waals surface area contributed by atoms with Crippen molar-refractivity contribution < 1.29 is 95.4 Å². The van der Waals surface area contributed by atoms with Crippen LogP contribution in [0.3, 0.4) is 0 Å². The molecule has 0 unspecified atom stereocenters. The second-order valence-electron chi connectivity index (χ2n) is 34.6. The zero-order chi connectivity index (χ0) is 102. The third kappa shape index (κ3) is 21.0. The number of rotatable bonds is 11. The molecule has 728 valence electrons. The number of pyridine rings is 2. The number of aryl methyl sites for hydroxylation is 1. The average Bonchev–Trinajstić information content (AvgIpc) is 1.62. The number of carbonyl (C=O) groups excluding carboxylic acids is 9. The van der Waals surface area contributed by atoms with Crippen LogP contribution in [0, 0.1) is 71.9 Å². The van der Waals surface area contributed by atoms with Gasteiger partial charge in [-0.25, -0.2) is 46.2 Å². The van der Waals surface area contributed by atoms with Gasteiger partial charge in [0.25, 0.3) is 53.1 Å². The number of likely N-dealkylation sites (tertiary alicyclic amines) is 3. The number of ether oxygens (including phenoxy) is 2. The number of ketones is 1. The Morgan fingerprint density at radius 3 is 1.41 bits per heavy atom. The molecule has 20 rings (SSSR count). The van der Waals surface area contributed by atoms with Crippen LogP contribution in [0.1, 0.15) is 171 Å². The summed E-state index contributed by atoms with van der Waals surface area (Å²) in [6.07, 6.45) is 6.46. The summed E-state index contributed by atoms with van der Waals surface area (Å²) in [4.78, 5) is 120. The molecule has 41 nitrogen and oxygen atoms in total. The number of amides is 8. The fourth-order valence-corrected chi connectivity index (χ4v) is 18.1. The van der Waals surface area contributed by atoms with Crippen molar-refractivity contribution in [3.8, 4) is 87.8 Å². The number of hydrogen-bond acceptors (Lipinski definition) is 28. The molecule has 1 saturated carbocycles. The highest BCUT2D eigenvalue weighted by atomic mass is 32.2. The predicted molar refractivity (Wildman–Crippen MR) is 507 cm³/mol. The summed E-state index contributed by atoms with van der Waals surface area (Å²) in [7, 11) is 1.58. The number of aromatic nitrogens is 14. The lowest BCUT2D eigenvalue weighted by Gasteiger charge is -2.15. The largest absolute Gasteiger partial charge is 0.421 e. The van der Waals surface area contributed by atoms with E-state index in [1.807, 2.05) is 18.2 Å². The van der Waals surface area contributed by atoms with Crippen molar-refractivity contribution in [1.82, 2.24) is 83.8 Å². The Morgan fingerprint density at radius 1 is 0.462 bits per heavy atom. The predicted octanol–water partition coefficient (Wildman–Crippen LogP) is 2.33. The molecule has 4 fully saturated rings. The minimum atomic E-state index is -3.31. The molecule has 1 aliphatic carbocycles. The van der Waals surface area contributed by atoms with Gasteiger partial charge >= 0.3 is 0 Å². The van der Waals surface area contributed by atoms with E-state index in [1.165, 1.54) is 60.1 Å². The van der Waals surface area contributed by atoms with Crippen LogP contribution in [0.4, 0.5) is 4.39 Å². The molecule has 143 heavy (non-hydrogen) atoms. The summed E-state index contributed by atoms with van der Waals surface area (Å²) in [5.74, 6) is 22.8. The van der Waals surface area contributed by atoms with E-state index in [1.54, 1.807) is 147 Å². The first kappa shape index (κ1) is 99.0. The van der Waals surface area contributed by atoms with E-state index in [2.05, 4.69) is 105 Å². The molecular weight excluding hydrogens is 1860 g/mol. The van der Waals surface area contributed by atoms with Gasteiger partial charge in [-0.1, -0.05) is 83.5 Å². The third-order valence-electron chi connectivity index (χ3n) is 24.3. The minimum absolute atomic E-state index is 0.000786. The van der Waals surface area contributed by atoms with Gasteiger partial charge in [0.1, 0.15) is 5.82 Å². The van der Waals surface area contributed by atoms with Crippen molar-refractivity contribution in [1.29, 1.82) is 0 Å². The van der Waals surface area contributed by atoms with Crippen LogP contribution in [0.15, 0.2) is 156 Å². The maximum absolute atomic E-state index is 13.7. The number of Topliss-reactive ketones (excluding diaryl/α,β-unsaturated/α-hetero) is 1. The molecule has 8 aromatic heterocycles. The molecular formula is C100H91FN22O19S. The van der Waals surface area contributed by atoms with E-state index in [0.717, 1.165) is 22.6 Å². The number of sulfone groups is 1. The fraction of sp³-hybridized carbons (Fsp3) is 0.280. The smallest absolute Gasteiger partial charge is 0.269 e. The quantitative estimate of drug-likeness (QED) is 0.0831. The van der Waals surface area contributed by atoms with Crippen molar-refractivity contribution in [3.05, 3.63) is 260 Å². The highest BCUT2D eigenvalue weighted by Crippen LogP contribution is 2.34. The Bertz CT molecular complexity index is 7750. The van der Waals surface area contributed by atoms with Crippen LogP contribution < -0.4 is 28.7 Å². The summed E-state index contributed by atoms with van der Waals surface area (Å²) >= 11 is 0. The van der Waals surface area contributed by atoms with Crippen molar-refractivity contribution in [2.75, 3.05) is 59.7 Å². The molecule has 0 radical (unpaired) electrons. The highest BCUT2D eigenvalue weighted by molar-refractivity contribution is 7.90. The third-order valence-corrected chi connectivity index (χ3v) is 25.9. The van der Waals surface area contributed by atoms with Gasteiger partial charge in [-0.05, 0) is 135 Å². The van der Waals surface area contributed by atoms with Crippen LogP contribution >= 0.6 is 0 Å². The van der Waals surface area contributed by atoms with E-state index < -0.39 is 79.1 Å². The Kier molecular flexibility index (Phi) is 27.7. The lowest BCUT2D eigenvalue weighted by Crippen LogP contribution is -2.37. The van der Waals surface area contributed by atoms with Crippen molar-refractivity contribution in [2.24, 2.45) is 28.7 Å². The first-order valence-electron chi connectivity index (χ1n) is 44.6. The molecule has 15 N–H and O–H groups in total. The second-order valence-corrected chi connectivity index (χ2v) is 36.8. The SMILES string of the molecule is CN1CC[C@@](O)(C#Cc2cccc(-n3nc(C(N)=O)c4c3CCOC4)c2)C1=O.CN1CC[C@@](O)(C#Cc2cccc(-n3nc(C(N)=O)c4c3COCC4)c2)C1=O.CN1CC[C@@](O)(C#Cc2cccc(-n3nc(C(N)=O)c4c3CS(=O)(=O)CC4)c2)C1=O.Cc1nnc([C@](C)(O)C#Cc2cccc(-n3nc(C(N)=O)c4cccnc43)c2)o1.NC(=O)c1nn(-c2cc(C#C[C@]3(O)CCCC3=O)ccn2)c2cc(F)ccc12. The lowest BCUT2D eigenvalue weighted by atomic mass is 10.0. The van der Waals surface area contributed by atoms with E-state index in [9.17, 15) is 81.5 Å². The van der Waals surface area contributed by atoms with Gasteiger partial charge in [0.05, 0.1) is 88.7 Å². The maximum atomic E-state index is 13.7. The Hall–Kier alpha value is -17.1. The van der Waals surface area contributed by atoms with Gasteiger partial charge in [-0.3, -0.25) is 43.2 Å². The Morgan fingerprint density at radius 2 is 0.916 bits per heavy atom. The van der Waals surface area contributed by atoms with Gasteiger partial charge < -0.3 is 82.8 Å². The molecule has 6 aliphatic heterocycles. The first-order chi connectivity index (χ1) is 68.1. The molecule has 43 heteroatoms. The molecule has 8 amide bonds. The number of fused-ring (bicyclic) bond motifs is 5. The molecule has 7 aliphatic rings. The van der Waals surface area contributed by atoms with Gasteiger partial charge in [0.2, 0.25) is 28.3 Å². The van der Waals surface area contributed by atoms with E-state index >= 15 is 0 Å². The maximum Gasteiger partial charge on any atom is 0.269 e. The number of nitrogens with two attached hydrogens (primary N) is 5. The summed E-state index contributed by atoms with van der Waals surface area (Å²) < 4.78 is 61.8. The van der Waals surface area contributed by atoms with E-state index in [4.69, 9.17) is 42.6 Å². The summed E-state index contributed by atoms with van der Waals surface area (Å²) in [5, 5.41) is 82.1. The van der Waals surface area contributed by atoms with Crippen molar-refractivity contribution in [3.63, 3.8) is 0 Å². The molecule has 3 saturated heterocycles. The molecule has 5 atom stereocenters. The van der Waals surface area contributed by atoms with E-state index in [-0.39, 0.29) is 89.1 Å². The monoisotopic (exact) mass is 1950 g/mol. The lowest BCUT2D eigenvalue weighted by molar-refractivity contribution is -0.138. The number of nitrogens with zero attached hydrogens (tertiary/aromatic N) is 17. The molecule has 13 aromatic rings. The van der Waals surface area contributed by atoms with Gasteiger partial charge in [-0.2, -0.15) is 25.5 Å². The number of benzene rings is 5. The summed E-state index contributed by atoms with van der Waals surface area (Å²) in [6.45, 7) is 6.17. The minimum Gasteiger partial charge on any atom is -0.421 e. The van der Waals surface area contributed by atoms with Crippen LogP contribution in [0.5, 0.6) is 0 Å². The van der Waals surface area contributed by atoms with Gasteiger partial charge in [0.15, 0.2) is 61.2 Å². The molecule has 14 heterocycles. The number of likely N-dealkylation sites (N-methyl/N-ethyl adjacent to an activating group) is 3. The first-order valence-corrected chi connectivity index (χ1v) is 46.4. The van der Waals surface area contributed by atoms with Crippen molar-refractivity contribution >= 4 is 84.8 Å². The normalized spacial score (nSPS) is 19.3. The van der Waals surface area contributed by atoms with Gasteiger partial charge in [-0.15, -0.1) is 10.2 Å². The van der Waals surface area contributed by atoms with Crippen LogP contribution in [-0.4, -0.2) is 253 Å².